The molecule has 3 rings (SSSR count). The Balaban J connectivity index is 1.67. The van der Waals surface area contributed by atoms with Crippen LogP contribution in [-0.4, -0.2) is 26.2 Å². The Morgan fingerprint density at radius 2 is 2.05 bits per heavy atom. The van der Waals surface area contributed by atoms with Crippen molar-refractivity contribution in [2.75, 3.05) is 0 Å². The van der Waals surface area contributed by atoms with Crippen molar-refractivity contribution in [2.24, 2.45) is 5.92 Å². The van der Waals surface area contributed by atoms with Crippen LogP contribution in [0.5, 0.6) is 0 Å². The summed E-state index contributed by atoms with van der Waals surface area (Å²) in [7, 11) is 0. The minimum atomic E-state index is 0.347. The molecule has 1 heterocycles. The number of rotatable bonds is 4. The van der Waals surface area contributed by atoms with Crippen LogP contribution in [0.25, 0.3) is 5.69 Å². The first-order valence-electron chi connectivity index (χ1n) is 7.82. The topological polar surface area (TPSA) is 55.6 Å². The largest absolute Gasteiger partial charge is 0.307 e. The molecule has 0 saturated heterocycles. The lowest BCUT2D eigenvalue weighted by Gasteiger charge is -2.30. The van der Waals surface area contributed by atoms with Gasteiger partial charge < -0.3 is 5.32 Å². The first kappa shape index (κ1) is 14.2. The van der Waals surface area contributed by atoms with Gasteiger partial charge in [0.15, 0.2) is 0 Å². The van der Waals surface area contributed by atoms with Crippen molar-refractivity contribution in [1.82, 2.24) is 25.5 Å². The van der Waals surface area contributed by atoms with Crippen molar-refractivity contribution >= 4 is 0 Å². The fourth-order valence-electron chi connectivity index (χ4n) is 3.09. The molecule has 1 aliphatic carbocycles. The highest BCUT2D eigenvalue weighted by Crippen LogP contribution is 2.26. The molecule has 1 N–H and O–H groups in total. The van der Waals surface area contributed by atoms with Crippen LogP contribution in [0.1, 0.15) is 51.1 Å². The Hall–Kier alpha value is -1.75. The summed E-state index contributed by atoms with van der Waals surface area (Å²) in [5.41, 5.74) is 2.28. The number of nitrogens with one attached hydrogen (secondary N) is 1. The van der Waals surface area contributed by atoms with Gasteiger partial charge in [-0.2, -0.15) is 0 Å². The van der Waals surface area contributed by atoms with E-state index in [2.05, 4.69) is 52.9 Å². The quantitative estimate of drug-likeness (QED) is 0.938. The second kappa shape index (κ2) is 6.35. The van der Waals surface area contributed by atoms with Crippen LogP contribution < -0.4 is 5.32 Å². The van der Waals surface area contributed by atoms with E-state index in [-0.39, 0.29) is 0 Å². The van der Waals surface area contributed by atoms with E-state index in [0.29, 0.717) is 12.1 Å². The lowest BCUT2D eigenvalue weighted by atomic mass is 9.87. The van der Waals surface area contributed by atoms with E-state index in [1.54, 1.807) is 11.0 Å². The molecular weight excluding hydrogens is 262 g/mol. The number of hydrogen-bond donors (Lipinski definition) is 1. The van der Waals surface area contributed by atoms with Gasteiger partial charge in [-0.3, -0.25) is 0 Å². The summed E-state index contributed by atoms with van der Waals surface area (Å²) in [4.78, 5) is 0. The van der Waals surface area contributed by atoms with E-state index < -0.39 is 0 Å². The maximum Gasteiger partial charge on any atom is 0.143 e. The molecule has 1 aromatic heterocycles. The number of nitrogens with zero attached hydrogens (tertiary/aromatic N) is 4. The number of hydrogen-bond acceptors (Lipinski definition) is 4. The van der Waals surface area contributed by atoms with Gasteiger partial charge in [-0.05, 0) is 66.6 Å². The van der Waals surface area contributed by atoms with Gasteiger partial charge in [-0.25, -0.2) is 4.68 Å². The first-order chi connectivity index (χ1) is 10.2. The first-order valence-corrected chi connectivity index (χ1v) is 7.82. The molecule has 1 aliphatic rings. The zero-order valence-electron chi connectivity index (χ0n) is 12.7. The minimum Gasteiger partial charge on any atom is -0.307 e. The molecule has 0 amide bonds. The smallest absolute Gasteiger partial charge is 0.143 e. The van der Waals surface area contributed by atoms with Crippen molar-refractivity contribution in [3.8, 4) is 5.69 Å². The van der Waals surface area contributed by atoms with Gasteiger partial charge in [0.05, 0.1) is 5.69 Å². The van der Waals surface area contributed by atoms with E-state index in [4.69, 9.17) is 0 Å². The lowest BCUT2D eigenvalue weighted by molar-refractivity contribution is 0.291. The van der Waals surface area contributed by atoms with Gasteiger partial charge in [-0.1, -0.05) is 19.1 Å². The zero-order chi connectivity index (χ0) is 14.7. The Kier molecular flexibility index (Phi) is 4.29. The fourth-order valence-corrected chi connectivity index (χ4v) is 3.09. The summed E-state index contributed by atoms with van der Waals surface area (Å²) >= 11 is 0. The second-order valence-corrected chi connectivity index (χ2v) is 6.19. The van der Waals surface area contributed by atoms with Gasteiger partial charge in [-0.15, -0.1) is 5.10 Å². The third-order valence-corrected chi connectivity index (χ3v) is 4.49. The van der Waals surface area contributed by atoms with E-state index >= 15 is 0 Å². The molecule has 5 heteroatoms. The van der Waals surface area contributed by atoms with E-state index in [0.717, 1.165) is 11.6 Å². The summed E-state index contributed by atoms with van der Waals surface area (Å²) in [6, 6.07) is 9.39. The van der Waals surface area contributed by atoms with Gasteiger partial charge in [0.25, 0.3) is 0 Å². The summed E-state index contributed by atoms with van der Waals surface area (Å²) < 4.78 is 1.69. The minimum absolute atomic E-state index is 0.347. The molecule has 0 spiro atoms. The average molecular weight is 285 g/mol. The Morgan fingerprint density at radius 1 is 1.24 bits per heavy atom. The van der Waals surface area contributed by atoms with E-state index in [9.17, 15) is 0 Å². The van der Waals surface area contributed by atoms with Crippen molar-refractivity contribution in [2.45, 2.75) is 51.6 Å². The molecule has 0 aliphatic heterocycles. The van der Waals surface area contributed by atoms with Crippen LogP contribution in [-0.2, 0) is 0 Å². The predicted octanol–water partition coefficient (Wildman–Crippen LogP) is 2.89. The molecule has 0 bridgehead atoms. The maximum absolute atomic E-state index is 3.95. The number of tetrazole rings is 1. The predicted molar refractivity (Wildman–Crippen MR) is 82.1 cm³/mol. The Morgan fingerprint density at radius 3 is 2.76 bits per heavy atom. The second-order valence-electron chi connectivity index (χ2n) is 6.19. The normalized spacial score (nSPS) is 23.9. The summed E-state index contributed by atoms with van der Waals surface area (Å²) in [6.07, 6.45) is 6.89. The fraction of sp³-hybridized carbons (Fsp3) is 0.562. The summed E-state index contributed by atoms with van der Waals surface area (Å²) in [5, 5.41) is 15.1. The van der Waals surface area contributed by atoms with Crippen molar-refractivity contribution in [3.63, 3.8) is 0 Å². The Labute approximate surface area is 125 Å². The molecule has 0 radical (unpaired) electrons. The molecule has 1 aromatic carbocycles. The molecule has 5 nitrogen and oxygen atoms in total. The highest BCUT2D eigenvalue weighted by molar-refractivity contribution is 5.35. The number of aromatic nitrogens is 4. The highest BCUT2D eigenvalue weighted by Gasteiger charge is 2.20. The SMILES string of the molecule is CC1CCC(NC(C)c2cccc(-n3cnnn3)c2)CC1. The molecule has 1 unspecified atom stereocenters. The monoisotopic (exact) mass is 285 g/mol. The van der Waals surface area contributed by atoms with Crippen molar-refractivity contribution < 1.29 is 0 Å². The van der Waals surface area contributed by atoms with E-state index in [1.165, 1.54) is 31.2 Å². The third kappa shape index (κ3) is 3.47. The van der Waals surface area contributed by atoms with Crippen molar-refractivity contribution in [3.05, 3.63) is 36.2 Å². The summed E-state index contributed by atoms with van der Waals surface area (Å²) in [6.45, 7) is 4.59. The van der Waals surface area contributed by atoms with E-state index in [1.807, 2.05) is 6.07 Å². The molecule has 21 heavy (non-hydrogen) atoms. The molecule has 2 aromatic rings. The molecule has 112 valence electrons. The average Bonchev–Trinajstić information content (AvgIpc) is 3.04. The highest BCUT2D eigenvalue weighted by atomic mass is 15.5. The van der Waals surface area contributed by atoms with Gasteiger partial charge in [0.2, 0.25) is 0 Å². The number of benzene rings is 1. The maximum atomic E-state index is 3.95. The van der Waals surface area contributed by atoms with Crippen LogP contribution in [0.3, 0.4) is 0 Å². The molecular formula is C16H23N5. The van der Waals surface area contributed by atoms with Crippen LogP contribution in [0, 0.1) is 5.92 Å². The van der Waals surface area contributed by atoms with Crippen LogP contribution in [0.4, 0.5) is 0 Å². The van der Waals surface area contributed by atoms with Gasteiger partial charge in [0, 0.05) is 12.1 Å². The third-order valence-electron chi connectivity index (χ3n) is 4.49. The van der Waals surface area contributed by atoms with Gasteiger partial charge in [0.1, 0.15) is 6.33 Å². The standard InChI is InChI=1S/C16H23N5/c1-12-6-8-15(9-7-12)18-13(2)14-4-3-5-16(10-14)21-11-17-19-20-21/h3-5,10-13,15,18H,6-9H2,1-2H3. The lowest BCUT2D eigenvalue weighted by Crippen LogP contribution is -2.34. The summed E-state index contributed by atoms with van der Waals surface area (Å²) in [5.74, 6) is 0.890. The Bertz CT molecular complexity index is 558. The molecule has 1 fully saturated rings. The zero-order valence-corrected chi connectivity index (χ0v) is 12.7. The van der Waals surface area contributed by atoms with Crippen LogP contribution in [0.15, 0.2) is 30.6 Å². The van der Waals surface area contributed by atoms with Gasteiger partial charge >= 0.3 is 0 Å². The van der Waals surface area contributed by atoms with Crippen LogP contribution in [0.2, 0.25) is 0 Å². The van der Waals surface area contributed by atoms with Crippen molar-refractivity contribution in [1.29, 1.82) is 0 Å². The van der Waals surface area contributed by atoms with Crippen LogP contribution >= 0.6 is 0 Å². The molecule has 1 atom stereocenters. The molecule has 1 saturated carbocycles.